The van der Waals surface area contributed by atoms with Crippen molar-refractivity contribution in [3.8, 4) is 0 Å². The normalized spacial score (nSPS) is 22.1. The number of aromatic nitrogens is 1. The van der Waals surface area contributed by atoms with Crippen LogP contribution in [0.2, 0.25) is 0 Å². The number of hydrogen-bond acceptors (Lipinski definition) is 5. The van der Waals surface area contributed by atoms with Gasteiger partial charge in [-0.3, -0.25) is 16.3 Å². The molecule has 1 aliphatic heterocycles. The zero-order valence-electron chi connectivity index (χ0n) is 12.6. The lowest BCUT2D eigenvalue weighted by Gasteiger charge is -2.32. The molecule has 2 heterocycles. The Kier molecular flexibility index (Phi) is 5.32. The topological polar surface area (TPSA) is 88.3 Å². The summed E-state index contributed by atoms with van der Waals surface area (Å²) in [6.07, 6.45) is 5.76. The van der Waals surface area contributed by atoms with Gasteiger partial charge < -0.3 is 0 Å². The summed E-state index contributed by atoms with van der Waals surface area (Å²) in [4.78, 5) is 4.37. The van der Waals surface area contributed by atoms with Crippen LogP contribution in [0.15, 0.2) is 18.3 Å². The van der Waals surface area contributed by atoms with E-state index in [2.05, 4.69) is 10.4 Å². The van der Waals surface area contributed by atoms with Crippen molar-refractivity contribution >= 4 is 10.0 Å². The van der Waals surface area contributed by atoms with Gasteiger partial charge in [0.1, 0.15) is 0 Å². The van der Waals surface area contributed by atoms with Crippen molar-refractivity contribution in [1.82, 2.24) is 14.7 Å². The predicted octanol–water partition coefficient (Wildman–Crippen LogP) is 0.956. The second-order valence-corrected chi connectivity index (χ2v) is 7.82. The SMILES string of the molecule is Cc1ccnc(C(CC2CCCN(S(C)(=O)=O)C2)NN)c1. The molecule has 1 aromatic rings. The van der Waals surface area contributed by atoms with Crippen molar-refractivity contribution in [2.75, 3.05) is 19.3 Å². The third-order valence-corrected chi connectivity index (χ3v) is 5.28. The average Bonchev–Trinajstić information content (AvgIpc) is 2.44. The number of nitrogens with zero attached hydrogens (tertiary/aromatic N) is 2. The molecular weight excluding hydrogens is 288 g/mol. The number of piperidine rings is 1. The fraction of sp³-hybridized carbons (Fsp3) is 0.643. The molecule has 1 fully saturated rings. The summed E-state index contributed by atoms with van der Waals surface area (Å²) in [6.45, 7) is 3.21. The summed E-state index contributed by atoms with van der Waals surface area (Å²) in [5, 5.41) is 0. The van der Waals surface area contributed by atoms with E-state index in [9.17, 15) is 8.42 Å². The van der Waals surface area contributed by atoms with Crippen molar-refractivity contribution < 1.29 is 8.42 Å². The highest BCUT2D eigenvalue weighted by Gasteiger charge is 2.28. The van der Waals surface area contributed by atoms with Crippen molar-refractivity contribution in [3.05, 3.63) is 29.6 Å². The number of pyridine rings is 1. The van der Waals surface area contributed by atoms with E-state index in [1.165, 1.54) is 6.26 Å². The Bertz CT molecular complexity index is 576. The van der Waals surface area contributed by atoms with Gasteiger partial charge in [0, 0.05) is 19.3 Å². The highest BCUT2D eigenvalue weighted by molar-refractivity contribution is 7.88. The third-order valence-electron chi connectivity index (χ3n) is 4.01. The lowest BCUT2D eigenvalue weighted by atomic mass is 9.91. The standard InChI is InChI=1S/C14H24N4O2S/c1-11-5-6-16-13(8-11)14(17-15)9-12-4-3-7-18(10-12)21(2,19)20/h5-6,8,12,14,17H,3-4,7,9-10,15H2,1-2H3. The summed E-state index contributed by atoms with van der Waals surface area (Å²) in [6, 6.07) is 3.92. The lowest BCUT2D eigenvalue weighted by Crippen LogP contribution is -2.41. The van der Waals surface area contributed by atoms with Gasteiger partial charge in [0.25, 0.3) is 0 Å². The largest absolute Gasteiger partial charge is 0.271 e. The fourth-order valence-corrected chi connectivity index (χ4v) is 3.82. The summed E-state index contributed by atoms with van der Waals surface area (Å²) in [7, 11) is -3.11. The highest BCUT2D eigenvalue weighted by atomic mass is 32.2. The van der Waals surface area contributed by atoms with E-state index in [0.29, 0.717) is 19.0 Å². The van der Waals surface area contributed by atoms with Crippen LogP contribution in [0.3, 0.4) is 0 Å². The molecule has 0 amide bonds. The molecule has 2 unspecified atom stereocenters. The molecule has 0 saturated carbocycles. The summed E-state index contributed by atoms with van der Waals surface area (Å²) < 4.78 is 24.9. The van der Waals surface area contributed by atoms with E-state index >= 15 is 0 Å². The molecule has 2 atom stereocenters. The van der Waals surface area contributed by atoms with Crippen LogP contribution >= 0.6 is 0 Å². The smallest absolute Gasteiger partial charge is 0.211 e. The Morgan fingerprint density at radius 3 is 2.95 bits per heavy atom. The maximum atomic E-state index is 11.7. The van der Waals surface area contributed by atoms with Crippen LogP contribution in [-0.4, -0.2) is 37.1 Å². The first-order chi connectivity index (χ1) is 9.90. The number of aryl methyl sites for hydroxylation is 1. The molecule has 2 rings (SSSR count). The summed E-state index contributed by atoms with van der Waals surface area (Å²) in [5.41, 5.74) is 4.87. The molecule has 0 bridgehead atoms. The number of rotatable bonds is 5. The van der Waals surface area contributed by atoms with Gasteiger partial charge in [-0.05, 0) is 49.8 Å². The Labute approximate surface area is 126 Å². The van der Waals surface area contributed by atoms with Gasteiger partial charge in [-0.15, -0.1) is 0 Å². The van der Waals surface area contributed by atoms with Crippen LogP contribution in [-0.2, 0) is 10.0 Å². The van der Waals surface area contributed by atoms with Gasteiger partial charge in [-0.25, -0.2) is 12.7 Å². The lowest BCUT2D eigenvalue weighted by molar-refractivity contribution is 0.237. The molecule has 1 aromatic heterocycles. The second-order valence-electron chi connectivity index (χ2n) is 5.84. The van der Waals surface area contributed by atoms with Crippen molar-refractivity contribution in [1.29, 1.82) is 0 Å². The molecule has 0 aromatic carbocycles. The zero-order chi connectivity index (χ0) is 15.5. The minimum atomic E-state index is -3.11. The van der Waals surface area contributed by atoms with E-state index in [-0.39, 0.29) is 6.04 Å². The minimum absolute atomic E-state index is 0.0468. The molecular formula is C14H24N4O2S. The number of hydrazine groups is 1. The van der Waals surface area contributed by atoms with Gasteiger partial charge in [0.05, 0.1) is 18.0 Å². The molecule has 0 radical (unpaired) electrons. The molecule has 6 nitrogen and oxygen atoms in total. The molecule has 0 aliphatic carbocycles. The third kappa shape index (κ3) is 4.47. The Morgan fingerprint density at radius 2 is 2.33 bits per heavy atom. The average molecular weight is 312 g/mol. The Hall–Kier alpha value is -1.02. The molecule has 1 aliphatic rings. The number of nitrogens with one attached hydrogen (secondary N) is 1. The summed E-state index contributed by atoms with van der Waals surface area (Å²) in [5.74, 6) is 5.97. The van der Waals surface area contributed by atoms with Gasteiger partial charge in [0.15, 0.2) is 0 Å². The quantitative estimate of drug-likeness (QED) is 0.624. The molecule has 3 N–H and O–H groups in total. The maximum absolute atomic E-state index is 11.7. The molecule has 21 heavy (non-hydrogen) atoms. The highest BCUT2D eigenvalue weighted by Crippen LogP contribution is 2.27. The number of nitrogens with two attached hydrogens (primary N) is 1. The molecule has 7 heteroatoms. The van der Waals surface area contributed by atoms with Crippen molar-refractivity contribution in [2.24, 2.45) is 11.8 Å². The van der Waals surface area contributed by atoms with Crippen LogP contribution < -0.4 is 11.3 Å². The second kappa shape index (κ2) is 6.83. The van der Waals surface area contributed by atoms with E-state index < -0.39 is 10.0 Å². The first-order valence-electron chi connectivity index (χ1n) is 7.24. The van der Waals surface area contributed by atoms with E-state index in [0.717, 1.165) is 30.5 Å². The monoisotopic (exact) mass is 312 g/mol. The fourth-order valence-electron chi connectivity index (χ4n) is 2.88. The van der Waals surface area contributed by atoms with Crippen LogP contribution in [0.25, 0.3) is 0 Å². The van der Waals surface area contributed by atoms with Gasteiger partial charge in [-0.1, -0.05) is 0 Å². The van der Waals surface area contributed by atoms with Crippen LogP contribution in [0.5, 0.6) is 0 Å². The van der Waals surface area contributed by atoms with E-state index in [1.807, 2.05) is 19.1 Å². The molecule has 118 valence electrons. The van der Waals surface area contributed by atoms with Crippen LogP contribution in [0.1, 0.15) is 36.6 Å². The van der Waals surface area contributed by atoms with E-state index in [4.69, 9.17) is 5.84 Å². The predicted molar refractivity (Wildman–Crippen MR) is 82.8 cm³/mol. The maximum Gasteiger partial charge on any atom is 0.211 e. The van der Waals surface area contributed by atoms with E-state index in [1.54, 1.807) is 10.5 Å². The minimum Gasteiger partial charge on any atom is -0.271 e. The Balaban J connectivity index is 2.05. The first-order valence-corrected chi connectivity index (χ1v) is 9.09. The summed E-state index contributed by atoms with van der Waals surface area (Å²) >= 11 is 0. The van der Waals surface area contributed by atoms with Crippen LogP contribution in [0, 0.1) is 12.8 Å². The van der Waals surface area contributed by atoms with Crippen molar-refractivity contribution in [2.45, 2.75) is 32.2 Å². The Morgan fingerprint density at radius 1 is 1.57 bits per heavy atom. The number of sulfonamides is 1. The molecule has 1 saturated heterocycles. The number of hydrogen-bond donors (Lipinski definition) is 2. The zero-order valence-corrected chi connectivity index (χ0v) is 13.4. The van der Waals surface area contributed by atoms with Gasteiger partial charge >= 0.3 is 0 Å². The molecule has 0 spiro atoms. The van der Waals surface area contributed by atoms with Gasteiger partial charge in [0.2, 0.25) is 10.0 Å². The van der Waals surface area contributed by atoms with Crippen LogP contribution in [0.4, 0.5) is 0 Å². The first kappa shape index (κ1) is 16.4. The van der Waals surface area contributed by atoms with Gasteiger partial charge in [-0.2, -0.15) is 0 Å². The van der Waals surface area contributed by atoms with Crippen molar-refractivity contribution in [3.63, 3.8) is 0 Å².